The third-order valence-corrected chi connectivity index (χ3v) is 6.41. The first-order chi connectivity index (χ1) is 14.6. The Kier molecular flexibility index (Phi) is 5.14. The van der Waals surface area contributed by atoms with Gasteiger partial charge in [-0.1, -0.05) is 17.4 Å². The van der Waals surface area contributed by atoms with Gasteiger partial charge in [-0.2, -0.15) is 0 Å². The third-order valence-electron chi connectivity index (χ3n) is 5.48. The van der Waals surface area contributed by atoms with Gasteiger partial charge >= 0.3 is 6.09 Å². The van der Waals surface area contributed by atoms with Crippen molar-refractivity contribution >= 4 is 50.1 Å². The average Bonchev–Trinajstić information content (AvgIpc) is 3.34. The summed E-state index contributed by atoms with van der Waals surface area (Å²) in [5.74, 6) is 1.54. The summed E-state index contributed by atoms with van der Waals surface area (Å²) in [4.78, 5) is 22.7. The van der Waals surface area contributed by atoms with Crippen molar-refractivity contribution in [3.8, 4) is 0 Å². The van der Waals surface area contributed by atoms with Crippen molar-refractivity contribution in [2.75, 3.05) is 28.7 Å². The molecule has 2 aromatic heterocycles. The topological polar surface area (TPSA) is 99.6 Å². The number of nitrogens with zero attached hydrogens (tertiary/aromatic N) is 3. The summed E-state index contributed by atoms with van der Waals surface area (Å²) in [6.45, 7) is 0.988. The molecule has 1 saturated heterocycles. The Morgan fingerprint density at radius 1 is 1.10 bits per heavy atom. The van der Waals surface area contributed by atoms with Crippen molar-refractivity contribution < 1.29 is 14.6 Å². The number of pyridine rings is 1. The molecule has 0 spiro atoms. The number of anilines is 4. The van der Waals surface area contributed by atoms with Crippen LogP contribution in [0.15, 0.2) is 36.4 Å². The molecule has 2 aliphatic rings. The van der Waals surface area contributed by atoms with Crippen LogP contribution in [0.1, 0.15) is 25.7 Å². The highest BCUT2D eigenvalue weighted by atomic mass is 32.1. The van der Waals surface area contributed by atoms with E-state index in [-0.39, 0.29) is 12.2 Å². The van der Waals surface area contributed by atoms with Gasteiger partial charge < -0.3 is 20.5 Å². The lowest BCUT2D eigenvalue weighted by molar-refractivity contribution is 0.126. The second-order valence-electron chi connectivity index (χ2n) is 7.62. The van der Waals surface area contributed by atoms with Crippen LogP contribution < -0.4 is 15.5 Å². The van der Waals surface area contributed by atoms with E-state index in [9.17, 15) is 9.90 Å². The Morgan fingerprint density at radius 3 is 2.73 bits per heavy atom. The van der Waals surface area contributed by atoms with Gasteiger partial charge in [-0.15, -0.1) is 0 Å². The summed E-state index contributed by atoms with van der Waals surface area (Å²) < 4.78 is 6.01. The molecule has 0 radical (unpaired) electrons. The zero-order chi connectivity index (χ0) is 20.5. The second-order valence-corrected chi connectivity index (χ2v) is 8.65. The van der Waals surface area contributed by atoms with Gasteiger partial charge in [-0.25, -0.2) is 14.8 Å². The summed E-state index contributed by atoms with van der Waals surface area (Å²) in [5, 5.41) is 17.2. The fourth-order valence-electron chi connectivity index (χ4n) is 3.89. The maximum atomic E-state index is 11.8. The average molecular weight is 426 g/mol. The predicted molar refractivity (Wildman–Crippen MR) is 118 cm³/mol. The number of aliphatic hydroxyl groups is 1. The molecule has 3 heterocycles. The van der Waals surface area contributed by atoms with Gasteiger partial charge in [0, 0.05) is 11.7 Å². The molecular weight excluding hydrogens is 402 g/mol. The van der Waals surface area contributed by atoms with E-state index in [1.54, 1.807) is 4.90 Å². The number of aliphatic hydroxyl groups excluding tert-OH is 1. The summed E-state index contributed by atoms with van der Waals surface area (Å²) in [5.41, 5.74) is 1.69. The van der Waals surface area contributed by atoms with Gasteiger partial charge in [0.05, 0.1) is 22.9 Å². The quantitative estimate of drug-likeness (QED) is 0.566. The molecule has 1 aliphatic carbocycles. The minimum absolute atomic E-state index is 0.167. The molecular formula is C21H23N5O3S. The van der Waals surface area contributed by atoms with E-state index in [1.807, 2.05) is 36.4 Å². The van der Waals surface area contributed by atoms with Crippen LogP contribution in [-0.4, -0.2) is 46.5 Å². The largest absolute Gasteiger partial charge is 0.447 e. The SMILES string of the molecule is O=C1OCCN1c1ccc2nc(Nc3cccc(N[C@H]4CC[C@H](O)CC4)n3)sc2c1. The lowest BCUT2D eigenvalue weighted by Gasteiger charge is -2.26. The van der Waals surface area contributed by atoms with Gasteiger partial charge in [-0.3, -0.25) is 4.90 Å². The van der Waals surface area contributed by atoms with Gasteiger partial charge in [0.25, 0.3) is 0 Å². The molecule has 0 bridgehead atoms. The van der Waals surface area contributed by atoms with Crippen LogP contribution in [0.4, 0.5) is 27.2 Å². The number of carbonyl (C=O) groups is 1. The van der Waals surface area contributed by atoms with Gasteiger partial charge in [-0.05, 0) is 56.0 Å². The fourth-order valence-corrected chi connectivity index (χ4v) is 4.79. The second kappa shape index (κ2) is 8.08. The van der Waals surface area contributed by atoms with E-state index in [0.717, 1.165) is 58.4 Å². The van der Waals surface area contributed by atoms with Crippen molar-refractivity contribution in [3.63, 3.8) is 0 Å². The predicted octanol–water partition coefficient (Wildman–Crippen LogP) is 4.11. The van der Waals surface area contributed by atoms with E-state index >= 15 is 0 Å². The van der Waals surface area contributed by atoms with E-state index in [0.29, 0.717) is 19.2 Å². The van der Waals surface area contributed by atoms with Crippen LogP contribution in [0, 0.1) is 0 Å². The Balaban J connectivity index is 1.30. The lowest BCUT2D eigenvalue weighted by Crippen LogP contribution is -2.28. The van der Waals surface area contributed by atoms with Crippen LogP contribution in [0.3, 0.4) is 0 Å². The molecule has 30 heavy (non-hydrogen) atoms. The summed E-state index contributed by atoms with van der Waals surface area (Å²) in [6.07, 6.45) is 3.09. The molecule has 156 valence electrons. The number of ether oxygens (including phenoxy) is 1. The summed E-state index contributed by atoms with van der Waals surface area (Å²) in [7, 11) is 0. The standard InChI is InChI=1S/C21H23N5O3S/c27-15-7-4-13(5-8-15)22-18-2-1-3-19(24-18)25-20-23-16-9-6-14(12-17(16)30-20)26-10-11-29-21(26)28/h1-3,6,9,12-13,15,27H,4-5,7-8,10-11H2,(H2,22,23,24,25)/t13-,15-. The Labute approximate surface area is 177 Å². The van der Waals surface area contributed by atoms with Crippen LogP contribution in [0.25, 0.3) is 10.2 Å². The zero-order valence-electron chi connectivity index (χ0n) is 16.4. The smallest absolute Gasteiger partial charge is 0.414 e. The van der Waals surface area contributed by atoms with E-state index in [2.05, 4.69) is 20.6 Å². The molecule has 1 aliphatic heterocycles. The Bertz CT molecular complexity index is 1060. The first kappa shape index (κ1) is 19.1. The molecule has 8 nitrogen and oxygen atoms in total. The van der Waals surface area contributed by atoms with Crippen molar-refractivity contribution in [1.29, 1.82) is 0 Å². The van der Waals surface area contributed by atoms with Crippen LogP contribution in [-0.2, 0) is 4.74 Å². The van der Waals surface area contributed by atoms with Crippen LogP contribution in [0.5, 0.6) is 0 Å². The molecule has 1 aromatic carbocycles. The monoisotopic (exact) mass is 425 g/mol. The van der Waals surface area contributed by atoms with Crippen molar-refractivity contribution in [1.82, 2.24) is 9.97 Å². The van der Waals surface area contributed by atoms with Crippen molar-refractivity contribution in [2.24, 2.45) is 0 Å². The van der Waals surface area contributed by atoms with E-state index < -0.39 is 0 Å². The highest BCUT2D eigenvalue weighted by Gasteiger charge is 2.24. The lowest BCUT2D eigenvalue weighted by atomic mass is 9.93. The number of hydrogen-bond acceptors (Lipinski definition) is 8. The minimum Gasteiger partial charge on any atom is -0.447 e. The number of cyclic esters (lactones) is 1. The van der Waals surface area contributed by atoms with E-state index in [4.69, 9.17) is 4.74 Å². The fraction of sp³-hybridized carbons (Fsp3) is 0.381. The number of hydrogen-bond donors (Lipinski definition) is 3. The summed E-state index contributed by atoms with van der Waals surface area (Å²) >= 11 is 1.52. The van der Waals surface area contributed by atoms with E-state index in [1.165, 1.54) is 11.3 Å². The van der Waals surface area contributed by atoms with Crippen LogP contribution in [0.2, 0.25) is 0 Å². The van der Waals surface area contributed by atoms with Gasteiger partial charge in [0.2, 0.25) is 0 Å². The number of amides is 1. The molecule has 3 aromatic rings. The molecule has 9 heteroatoms. The normalized spacial score (nSPS) is 21.6. The molecule has 2 fully saturated rings. The third kappa shape index (κ3) is 4.03. The number of carbonyl (C=O) groups excluding carboxylic acids is 1. The molecule has 0 unspecified atom stereocenters. The number of rotatable bonds is 5. The highest BCUT2D eigenvalue weighted by Crippen LogP contribution is 2.32. The maximum absolute atomic E-state index is 11.8. The number of benzene rings is 1. The number of fused-ring (bicyclic) bond motifs is 1. The first-order valence-electron chi connectivity index (χ1n) is 10.2. The molecule has 5 rings (SSSR count). The van der Waals surface area contributed by atoms with Crippen LogP contribution >= 0.6 is 11.3 Å². The number of thiazole rings is 1. The van der Waals surface area contributed by atoms with Gasteiger partial charge in [0.1, 0.15) is 18.2 Å². The molecule has 3 N–H and O–H groups in total. The zero-order valence-corrected chi connectivity index (χ0v) is 17.2. The molecule has 0 atom stereocenters. The first-order valence-corrected chi connectivity index (χ1v) is 11.0. The highest BCUT2D eigenvalue weighted by molar-refractivity contribution is 7.22. The molecule has 1 amide bonds. The van der Waals surface area contributed by atoms with Crippen molar-refractivity contribution in [3.05, 3.63) is 36.4 Å². The van der Waals surface area contributed by atoms with Crippen molar-refractivity contribution in [2.45, 2.75) is 37.8 Å². The van der Waals surface area contributed by atoms with Gasteiger partial charge in [0.15, 0.2) is 5.13 Å². The maximum Gasteiger partial charge on any atom is 0.414 e. The minimum atomic E-state index is -0.307. The summed E-state index contributed by atoms with van der Waals surface area (Å²) in [6, 6.07) is 11.9. The Morgan fingerprint density at radius 2 is 1.93 bits per heavy atom. The number of aromatic nitrogens is 2. The molecule has 1 saturated carbocycles. The Hall–Kier alpha value is -2.91. The number of nitrogens with one attached hydrogen (secondary N) is 2.